The summed E-state index contributed by atoms with van der Waals surface area (Å²) in [6.07, 6.45) is 4.39. The van der Waals surface area contributed by atoms with Crippen molar-refractivity contribution >= 4 is 17.2 Å². The maximum absolute atomic E-state index is 13.1. The van der Waals surface area contributed by atoms with Crippen LogP contribution in [0.1, 0.15) is 46.7 Å². The highest BCUT2D eigenvalue weighted by Crippen LogP contribution is 2.30. The minimum atomic E-state index is -0.0753. The molecule has 0 bridgehead atoms. The second kappa shape index (κ2) is 11.5. The molecule has 2 aromatic heterocycles. The molecule has 2 unspecified atom stereocenters. The number of hydrogen-bond acceptors (Lipinski definition) is 7. The Bertz CT molecular complexity index is 1160. The van der Waals surface area contributed by atoms with Crippen molar-refractivity contribution in [1.29, 1.82) is 0 Å². The smallest absolute Gasteiger partial charge is 0.253 e. The lowest BCUT2D eigenvalue weighted by atomic mass is 10.2. The number of thiazole rings is 1. The quantitative estimate of drug-likeness (QED) is 0.429. The van der Waals surface area contributed by atoms with E-state index in [1.165, 1.54) is 0 Å². The lowest BCUT2D eigenvalue weighted by Gasteiger charge is -2.16. The minimum absolute atomic E-state index is 0.0753. The van der Waals surface area contributed by atoms with Crippen LogP contribution in [0.25, 0.3) is 11.4 Å². The lowest BCUT2D eigenvalue weighted by molar-refractivity contribution is 0.0855. The predicted octanol–water partition coefficient (Wildman–Crippen LogP) is 4.60. The van der Waals surface area contributed by atoms with E-state index >= 15 is 0 Å². The number of nitrogens with zero attached hydrogens (tertiary/aromatic N) is 2. The van der Waals surface area contributed by atoms with Crippen molar-refractivity contribution in [2.75, 3.05) is 26.9 Å². The molecule has 1 amide bonds. The van der Waals surface area contributed by atoms with Gasteiger partial charge in [0.25, 0.3) is 5.91 Å². The highest BCUT2D eigenvalue weighted by atomic mass is 32.1. The largest absolute Gasteiger partial charge is 0.497 e. The Morgan fingerprint density at radius 1 is 1.14 bits per heavy atom. The maximum Gasteiger partial charge on any atom is 0.253 e. The number of methoxy groups -OCH3 is 1. The van der Waals surface area contributed by atoms with Gasteiger partial charge in [-0.2, -0.15) is 0 Å². The van der Waals surface area contributed by atoms with Crippen LogP contribution in [0.4, 0.5) is 0 Å². The monoisotopic (exact) mass is 511 g/mol. The third-order valence-electron chi connectivity index (χ3n) is 6.77. The van der Waals surface area contributed by atoms with Gasteiger partial charge < -0.3 is 28.8 Å². The Balaban J connectivity index is 1.33. The molecule has 1 aromatic carbocycles. The van der Waals surface area contributed by atoms with Crippen molar-refractivity contribution in [3.63, 3.8) is 0 Å². The number of benzene rings is 1. The summed E-state index contributed by atoms with van der Waals surface area (Å²) in [6.45, 7) is 5.18. The Labute approximate surface area is 215 Å². The number of carbonyl (C=O) groups excluding carboxylic acids is 1. The second-order valence-electron chi connectivity index (χ2n) is 9.21. The van der Waals surface area contributed by atoms with E-state index in [0.29, 0.717) is 25.3 Å². The number of nitrogens with one attached hydrogen (secondary N) is 1. The Kier molecular flexibility index (Phi) is 7.89. The SMILES string of the molecule is COc1ccc(OCc2nc(-c3cc(C(=O)NCC4CCCO4)c(C)n3CC3CCCO3)cs2)cc1. The highest BCUT2D eigenvalue weighted by Gasteiger charge is 2.25. The topological polar surface area (TPSA) is 83.8 Å². The van der Waals surface area contributed by atoms with Crippen LogP contribution in [0.3, 0.4) is 0 Å². The average molecular weight is 512 g/mol. The van der Waals surface area contributed by atoms with E-state index in [-0.39, 0.29) is 18.1 Å². The molecule has 5 rings (SSSR count). The first-order chi connectivity index (χ1) is 17.6. The summed E-state index contributed by atoms with van der Waals surface area (Å²) >= 11 is 1.55. The van der Waals surface area contributed by atoms with Crippen molar-refractivity contribution in [1.82, 2.24) is 14.9 Å². The normalized spacial score (nSPS) is 19.5. The molecule has 9 heteroatoms. The lowest BCUT2D eigenvalue weighted by Crippen LogP contribution is -2.32. The molecule has 0 spiro atoms. The van der Waals surface area contributed by atoms with Crippen LogP contribution in [-0.4, -0.2) is 54.5 Å². The molecule has 4 heterocycles. The van der Waals surface area contributed by atoms with E-state index in [1.807, 2.05) is 42.6 Å². The zero-order valence-electron chi connectivity index (χ0n) is 20.8. The van der Waals surface area contributed by atoms with E-state index in [9.17, 15) is 4.79 Å². The molecule has 2 aliphatic heterocycles. The number of carbonyl (C=O) groups is 1. The van der Waals surface area contributed by atoms with Crippen molar-refractivity contribution in [3.05, 3.63) is 52.0 Å². The zero-order valence-corrected chi connectivity index (χ0v) is 21.6. The van der Waals surface area contributed by atoms with Gasteiger partial charge >= 0.3 is 0 Å². The van der Waals surface area contributed by atoms with E-state index in [4.69, 9.17) is 23.9 Å². The van der Waals surface area contributed by atoms with Crippen LogP contribution in [0.5, 0.6) is 11.5 Å². The average Bonchev–Trinajstić information content (AvgIpc) is 3.71. The van der Waals surface area contributed by atoms with Gasteiger partial charge in [-0.1, -0.05) is 0 Å². The van der Waals surface area contributed by atoms with Crippen LogP contribution in [0, 0.1) is 6.92 Å². The summed E-state index contributed by atoms with van der Waals surface area (Å²) < 4.78 is 24.9. The van der Waals surface area contributed by atoms with E-state index in [1.54, 1.807) is 18.4 Å². The standard InChI is InChI=1S/C27H33N3O5S/c1-18-23(27(31)28-14-21-5-3-11-33-21)13-25(30(18)15-22-6-4-12-34-22)24-17-36-26(29-24)16-35-20-9-7-19(32-2)8-10-20/h7-10,13,17,21-22H,3-6,11-12,14-16H2,1-2H3,(H,28,31). The predicted molar refractivity (Wildman–Crippen MR) is 138 cm³/mol. The number of rotatable bonds is 10. The van der Waals surface area contributed by atoms with Crippen LogP contribution >= 0.6 is 11.3 Å². The van der Waals surface area contributed by atoms with Gasteiger partial charge in [-0.15, -0.1) is 11.3 Å². The fourth-order valence-corrected chi connectivity index (χ4v) is 5.43. The molecule has 2 aliphatic rings. The fraction of sp³-hybridized carbons (Fsp3) is 0.481. The van der Waals surface area contributed by atoms with Gasteiger partial charge in [-0.3, -0.25) is 4.79 Å². The summed E-state index contributed by atoms with van der Waals surface area (Å²) in [5.74, 6) is 1.47. The third-order valence-corrected chi connectivity index (χ3v) is 7.59. The third kappa shape index (κ3) is 5.74. The Morgan fingerprint density at radius 3 is 2.56 bits per heavy atom. The number of amides is 1. The van der Waals surface area contributed by atoms with Crippen LogP contribution in [0.2, 0.25) is 0 Å². The molecule has 0 radical (unpaired) electrons. The summed E-state index contributed by atoms with van der Waals surface area (Å²) in [5.41, 5.74) is 3.37. The van der Waals surface area contributed by atoms with E-state index in [0.717, 1.165) is 72.5 Å². The number of ether oxygens (including phenoxy) is 4. The van der Waals surface area contributed by atoms with Crippen LogP contribution < -0.4 is 14.8 Å². The molecule has 3 aromatic rings. The molecule has 1 N–H and O–H groups in total. The Hall–Kier alpha value is -2.88. The molecule has 0 aliphatic carbocycles. The van der Waals surface area contributed by atoms with Gasteiger partial charge in [0.1, 0.15) is 23.1 Å². The minimum Gasteiger partial charge on any atom is -0.497 e. The molecule has 192 valence electrons. The van der Waals surface area contributed by atoms with Crippen molar-refractivity contribution in [2.45, 2.75) is 58.0 Å². The van der Waals surface area contributed by atoms with E-state index < -0.39 is 0 Å². The van der Waals surface area contributed by atoms with Crippen molar-refractivity contribution < 1.29 is 23.7 Å². The Morgan fingerprint density at radius 2 is 1.86 bits per heavy atom. The zero-order chi connectivity index (χ0) is 24.9. The first-order valence-electron chi connectivity index (χ1n) is 12.5. The van der Waals surface area contributed by atoms with Crippen LogP contribution in [-0.2, 0) is 22.6 Å². The second-order valence-corrected chi connectivity index (χ2v) is 10.2. The number of hydrogen-bond donors (Lipinski definition) is 1. The summed E-state index contributed by atoms with van der Waals surface area (Å²) in [5, 5.41) is 5.96. The fourth-order valence-electron chi connectivity index (χ4n) is 4.73. The first kappa shape index (κ1) is 24.8. The maximum atomic E-state index is 13.1. The first-order valence-corrected chi connectivity index (χ1v) is 13.4. The molecule has 2 atom stereocenters. The van der Waals surface area contributed by atoms with Crippen molar-refractivity contribution in [3.8, 4) is 22.9 Å². The van der Waals surface area contributed by atoms with Gasteiger partial charge in [0.15, 0.2) is 0 Å². The molecule has 8 nitrogen and oxygen atoms in total. The number of aromatic nitrogens is 2. The molecule has 0 saturated carbocycles. The van der Waals surface area contributed by atoms with Gasteiger partial charge in [-0.25, -0.2) is 4.98 Å². The summed E-state index contributed by atoms with van der Waals surface area (Å²) in [6, 6.07) is 9.46. The molecular weight excluding hydrogens is 478 g/mol. The van der Waals surface area contributed by atoms with Gasteiger partial charge in [0.05, 0.1) is 36.3 Å². The van der Waals surface area contributed by atoms with Crippen LogP contribution in [0.15, 0.2) is 35.7 Å². The van der Waals surface area contributed by atoms with Gasteiger partial charge in [0, 0.05) is 37.4 Å². The van der Waals surface area contributed by atoms with Crippen molar-refractivity contribution in [2.24, 2.45) is 0 Å². The highest BCUT2D eigenvalue weighted by molar-refractivity contribution is 7.09. The van der Waals surface area contributed by atoms with Gasteiger partial charge in [-0.05, 0) is 62.9 Å². The molecule has 36 heavy (non-hydrogen) atoms. The molecular formula is C27H33N3O5S. The van der Waals surface area contributed by atoms with Gasteiger partial charge in [0.2, 0.25) is 0 Å². The summed E-state index contributed by atoms with van der Waals surface area (Å²) in [4.78, 5) is 18.0. The van der Waals surface area contributed by atoms with E-state index in [2.05, 4.69) is 9.88 Å². The summed E-state index contributed by atoms with van der Waals surface area (Å²) in [7, 11) is 1.64. The molecule has 2 saturated heterocycles. The molecule has 2 fully saturated rings.